The predicted molar refractivity (Wildman–Crippen MR) is 142 cm³/mol. The molecule has 0 saturated carbocycles. The summed E-state index contributed by atoms with van der Waals surface area (Å²) in [6, 6.07) is 20.7. The molecule has 0 heterocycles. The van der Waals surface area contributed by atoms with Crippen molar-refractivity contribution in [3.63, 3.8) is 0 Å². The van der Waals surface area contributed by atoms with Crippen LogP contribution in [0.15, 0.2) is 88.9 Å². The van der Waals surface area contributed by atoms with Gasteiger partial charge in [-0.3, -0.25) is 4.79 Å². The molecule has 4 rings (SSSR count). The zero-order chi connectivity index (χ0) is 26.6. The van der Waals surface area contributed by atoms with Crippen LogP contribution >= 0.6 is 11.6 Å². The van der Waals surface area contributed by atoms with E-state index in [2.05, 4.69) is 10.5 Å². The van der Waals surface area contributed by atoms with Crippen LogP contribution in [0.5, 0.6) is 5.75 Å². The number of rotatable bonds is 8. The highest BCUT2D eigenvalue weighted by Crippen LogP contribution is 2.26. The van der Waals surface area contributed by atoms with Gasteiger partial charge in [-0.2, -0.15) is 9.41 Å². The zero-order valence-corrected chi connectivity index (χ0v) is 21.3. The normalized spacial score (nSPS) is 11.9. The number of amides is 1. The molecule has 10 heteroatoms. The lowest BCUT2D eigenvalue weighted by molar-refractivity contribution is -0.121. The Hall–Kier alpha value is -3.79. The minimum absolute atomic E-state index is 0.0329. The van der Waals surface area contributed by atoms with Crippen LogP contribution < -0.4 is 5.43 Å². The van der Waals surface area contributed by atoms with Crippen LogP contribution in [0.3, 0.4) is 0 Å². The van der Waals surface area contributed by atoms with Gasteiger partial charge in [0.25, 0.3) is 5.91 Å². The third-order valence-corrected chi connectivity index (χ3v) is 7.87. The quantitative estimate of drug-likeness (QED) is 0.243. The maximum atomic E-state index is 14.5. The number of aryl methyl sites for hydroxylation is 1. The number of phenols is 1. The molecule has 0 aliphatic heterocycles. The fraction of sp³-hybridized carbons (Fsp3) is 0.111. The second kappa shape index (κ2) is 11.1. The van der Waals surface area contributed by atoms with Crippen molar-refractivity contribution in [3.8, 4) is 5.75 Å². The van der Waals surface area contributed by atoms with E-state index in [1.807, 2.05) is 19.1 Å². The molecule has 0 aliphatic carbocycles. The predicted octanol–water partition coefficient (Wildman–Crippen LogP) is 4.99. The summed E-state index contributed by atoms with van der Waals surface area (Å²) >= 11 is 6.13. The van der Waals surface area contributed by atoms with Gasteiger partial charge in [-0.25, -0.2) is 18.2 Å². The number of hydrogen-bond donors (Lipinski definition) is 2. The first-order valence-electron chi connectivity index (χ1n) is 11.2. The highest BCUT2D eigenvalue weighted by molar-refractivity contribution is 7.89. The number of phenolic OH excluding ortho intramolecular Hbond substituents is 1. The Morgan fingerprint density at radius 3 is 2.51 bits per heavy atom. The Balaban J connectivity index is 1.59. The van der Waals surface area contributed by atoms with Gasteiger partial charge in [0, 0.05) is 22.7 Å². The van der Waals surface area contributed by atoms with Crippen LogP contribution in [0, 0.1) is 12.7 Å². The van der Waals surface area contributed by atoms with Crippen LogP contribution in [0.2, 0.25) is 5.02 Å². The fourth-order valence-electron chi connectivity index (χ4n) is 3.73. The average molecular weight is 540 g/mol. The number of hydrazone groups is 1. The number of carbonyl (C=O) groups excluding carboxylic acids is 1. The van der Waals surface area contributed by atoms with Crippen molar-refractivity contribution in [3.05, 3.63) is 106 Å². The molecule has 0 unspecified atom stereocenters. The molecule has 7 nitrogen and oxygen atoms in total. The van der Waals surface area contributed by atoms with Crippen molar-refractivity contribution in [2.75, 3.05) is 6.54 Å². The Kier molecular flexibility index (Phi) is 7.87. The molecule has 4 aromatic carbocycles. The van der Waals surface area contributed by atoms with Crippen molar-refractivity contribution in [2.24, 2.45) is 5.10 Å². The highest BCUT2D eigenvalue weighted by Gasteiger charge is 2.28. The number of fused-ring (bicyclic) bond motifs is 1. The molecule has 0 saturated heterocycles. The lowest BCUT2D eigenvalue weighted by Crippen LogP contribution is -2.39. The van der Waals surface area contributed by atoms with Crippen molar-refractivity contribution in [1.29, 1.82) is 0 Å². The van der Waals surface area contributed by atoms with Gasteiger partial charge in [-0.05, 0) is 48.0 Å². The zero-order valence-electron chi connectivity index (χ0n) is 19.7. The smallest absolute Gasteiger partial charge is 0.255 e. The van der Waals surface area contributed by atoms with Crippen molar-refractivity contribution in [2.45, 2.75) is 18.4 Å². The molecular formula is C27H23ClFN3O4S. The van der Waals surface area contributed by atoms with E-state index in [-0.39, 0.29) is 21.2 Å². The van der Waals surface area contributed by atoms with Crippen LogP contribution in [-0.4, -0.2) is 36.5 Å². The largest absolute Gasteiger partial charge is 0.507 e. The van der Waals surface area contributed by atoms with Crippen LogP contribution in [0.25, 0.3) is 10.8 Å². The topological polar surface area (TPSA) is 99.1 Å². The Morgan fingerprint density at radius 2 is 1.78 bits per heavy atom. The molecule has 4 aromatic rings. The molecule has 0 radical (unpaired) electrons. The number of benzene rings is 4. The standard InChI is InChI=1S/C27H23ClFN3O4S/c1-18-9-12-20(13-10-18)37(35,36)32(16-23-24(28)7-4-8-25(23)29)17-27(34)31-30-15-22-21-6-3-2-5-19(21)11-14-26(22)33/h2-15,33H,16-17H2,1H3,(H,31,34)/b30-15-. The first kappa shape index (κ1) is 26.3. The fourth-order valence-corrected chi connectivity index (χ4v) is 5.32. The number of halogens is 2. The summed E-state index contributed by atoms with van der Waals surface area (Å²) in [6.45, 7) is 0.690. The summed E-state index contributed by atoms with van der Waals surface area (Å²) in [6.07, 6.45) is 1.28. The second-order valence-electron chi connectivity index (χ2n) is 8.30. The summed E-state index contributed by atoms with van der Waals surface area (Å²) in [5.74, 6) is -1.49. The first-order valence-corrected chi connectivity index (χ1v) is 13.0. The molecule has 0 bridgehead atoms. The van der Waals surface area contributed by atoms with Gasteiger partial charge in [-0.1, -0.05) is 65.7 Å². The molecule has 37 heavy (non-hydrogen) atoms. The summed E-state index contributed by atoms with van der Waals surface area (Å²) in [5.41, 5.74) is 3.47. The molecule has 2 N–H and O–H groups in total. The molecule has 0 aliphatic rings. The molecular weight excluding hydrogens is 517 g/mol. The van der Waals surface area contributed by atoms with E-state index in [9.17, 15) is 22.7 Å². The molecule has 0 spiro atoms. The van der Waals surface area contributed by atoms with E-state index in [0.717, 1.165) is 20.6 Å². The number of nitrogens with zero attached hydrogens (tertiary/aromatic N) is 2. The van der Waals surface area contributed by atoms with Crippen LogP contribution in [0.4, 0.5) is 4.39 Å². The lowest BCUT2D eigenvalue weighted by atomic mass is 10.0. The van der Waals surface area contributed by atoms with E-state index in [1.54, 1.807) is 30.3 Å². The van der Waals surface area contributed by atoms with Gasteiger partial charge >= 0.3 is 0 Å². The molecule has 190 valence electrons. The molecule has 0 fully saturated rings. The number of hydrogen-bond acceptors (Lipinski definition) is 5. The number of sulfonamides is 1. The Labute approximate surface area is 218 Å². The average Bonchev–Trinajstić information content (AvgIpc) is 2.87. The summed E-state index contributed by atoms with van der Waals surface area (Å²) in [4.78, 5) is 12.7. The van der Waals surface area contributed by atoms with E-state index in [1.165, 1.54) is 42.6 Å². The number of aromatic hydroxyl groups is 1. The minimum Gasteiger partial charge on any atom is -0.507 e. The summed E-state index contributed by atoms with van der Waals surface area (Å²) in [5, 5.41) is 15.8. The van der Waals surface area contributed by atoms with E-state index in [4.69, 9.17) is 11.6 Å². The second-order valence-corrected chi connectivity index (χ2v) is 10.6. The van der Waals surface area contributed by atoms with Gasteiger partial charge in [-0.15, -0.1) is 0 Å². The number of carbonyl (C=O) groups is 1. The van der Waals surface area contributed by atoms with E-state index < -0.39 is 34.8 Å². The number of nitrogens with one attached hydrogen (secondary N) is 1. The van der Waals surface area contributed by atoms with E-state index >= 15 is 0 Å². The minimum atomic E-state index is -4.20. The third-order valence-electron chi connectivity index (χ3n) is 5.71. The third kappa shape index (κ3) is 5.96. The molecule has 1 amide bonds. The Bertz CT molecular complexity index is 1570. The van der Waals surface area contributed by atoms with Gasteiger partial charge in [0.2, 0.25) is 10.0 Å². The van der Waals surface area contributed by atoms with Crippen molar-refractivity contribution in [1.82, 2.24) is 9.73 Å². The SMILES string of the molecule is Cc1ccc(S(=O)(=O)N(CC(=O)N/N=C\c2c(O)ccc3ccccc23)Cc2c(F)cccc2Cl)cc1. The summed E-state index contributed by atoms with van der Waals surface area (Å²) in [7, 11) is -4.20. The van der Waals surface area contributed by atoms with E-state index in [0.29, 0.717) is 5.56 Å². The van der Waals surface area contributed by atoms with Crippen molar-refractivity contribution < 1.29 is 22.7 Å². The Morgan fingerprint density at radius 1 is 1.05 bits per heavy atom. The highest BCUT2D eigenvalue weighted by atomic mass is 35.5. The maximum Gasteiger partial charge on any atom is 0.255 e. The lowest BCUT2D eigenvalue weighted by Gasteiger charge is -2.22. The van der Waals surface area contributed by atoms with Gasteiger partial charge in [0.1, 0.15) is 11.6 Å². The van der Waals surface area contributed by atoms with Gasteiger partial charge < -0.3 is 5.11 Å². The monoisotopic (exact) mass is 539 g/mol. The van der Waals surface area contributed by atoms with Gasteiger partial charge in [0.05, 0.1) is 17.7 Å². The van der Waals surface area contributed by atoms with Crippen LogP contribution in [-0.2, 0) is 21.4 Å². The summed E-state index contributed by atoms with van der Waals surface area (Å²) < 4.78 is 42.1. The maximum absolute atomic E-state index is 14.5. The van der Waals surface area contributed by atoms with Crippen LogP contribution in [0.1, 0.15) is 16.7 Å². The first-order chi connectivity index (χ1) is 17.7. The molecule has 0 aromatic heterocycles. The molecule has 0 atom stereocenters. The van der Waals surface area contributed by atoms with Gasteiger partial charge in [0.15, 0.2) is 0 Å². The van der Waals surface area contributed by atoms with Crippen molar-refractivity contribution >= 4 is 44.5 Å².